The molecule has 0 aliphatic carbocycles. The summed E-state index contributed by atoms with van der Waals surface area (Å²) >= 11 is 13.0. The van der Waals surface area contributed by atoms with E-state index in [1.807, 2.05) is 37.3 Å². The molecule has 218 valence electrons. The number of nitrogens with zero attached hydrogens (tertiary/aromatic N) is 2. The summed E-state index contributed by atoms with van der Waals surface area (Å²) in [5.74, 6) is -1.02. The molecule has 0 heterocycles. The maximum Gasteiger partial charge on any atom is 0.264 e. The molecule has 4 aromatic rings. The number of para-hydroxylation sites is 1. The van der Waals surface area contributed by atoms with Gasteiger partial charge in [-0.25, -0.2) is 8.42 Å². The Hall–Kier alpha value is -3.85. The number of carbonyl (C=O) groups is 2. The van der Waals surface area contributed by atoms with Crippen LogP contribution in [0.5, 0.6) is 0 Å². The normalized spacial score (nSPS) is 11.9. The lowest BCUT2D eigenvalue weighted by molar-refractivity contribution is -0.139. The van der Waals surface area contributed by atoms with Crippen molar-refractivity contribution < 1.29 is 18.0 Å². The summed E-state index contributed by atoms with van der Waals surface area (Å²) in [5, 5.41) is 3.30. The van der Waals surface area contributed by atoms with Gasteiger partial charge in [-0.15, -0.1) is 0 Å². The molecule has 0 aliphatic rings. The van der Waals surface area contributed by atoms with Crippen molar-refractivity contribution in [3.8, 4) is 0 Å². The second kappa shape index (κ2) is 13.9. The Bertz CT molecular complexity index is 1610. The Kier molecular flexibility index (Phi) is 10.3. The second-order valence-electron chi connectivity index (χ2n) is 9.70. The van der Waals surface area contributed by atoms with E-state index in [1.165, 1.54) is 24.1 Å². The predicted molar refractivity (Wildman–Crippen MR) is 167 cm³/mol. The van der Waals surface area contributed by atoms with Gasteiger partial charge in [0.25, 0.3) is 10.0 Å². The SMILES string of the molecule is CNC(=O)C(Cc1ccccc1)N(Cc1c(Cl)cccc1Cl)C(=O)CN(c1ccccc1)S(=O)(=O)c1ccc(C)cc1. The Morgan fingerprint density at radius 2 is 1.38 bits per heavy atom. The number of hydrogen-bond acceptors (Lipinski definition) is 4. The van der Waals surface area contributed by atoms with Crippen molar-refractivity contribution >= 4 is 50.7 Å². The third-order valence-electron chi connectivity index (χ3n) is 6.84. The fraction of sp³-hybridized carbons (Fsp3) is 0.188. The molecule has 1 unspecified atom stereocenters. The van der Waals surface area contributed by atoms with Crippen LogP contribution in [0.15, 0.2) is 108 Å². The number of carbonyl (C=O) groups excluding carboxylic acids is 2. The fourth-order valence-electron chi connectivity index (χ4n) is 4.53. The van der Waals surface area contributed by atoms with Crippen molar-refractivity contribution in [2.75, 3.05) is 17.9 Å². The molecule has 4 aromatic carbocycles. The molecule has 1 N–H and O–H groups in total. The zero-order valence-corrected chi connectivity index (χ0v) is 25.5. The number of aryl methyl sites for hydroxylation is 1. The van der Waals surface area contributed by atoms with Gasteiger partial charge >= 0.3 is 0 Å². The Balaban J connectivity index is 1.80. The smallest absolute Gasteiger partial charge is 0.264 e. The number of rotatable bonds is 11. The number of amides is 2. The van der Waals surface area contributed by atoms with Gasteiger partial charge in [0.2, 0.25) is 11.8 Å². The molecule has 2 amide bonds. The van der Waals surface area contributed by atoms with E-state index in [4.69, 9.17) is 23.2 Å². The topological polar surface area (TPSA) is 86.8 Å². The van der Waals surface area contributed by atoms with Crippen LogP contribution in [-0.2, 0) is 32.6 Å². The summed E-state index contributed by atoms with van der Waals surface area (Å²) in [6, 6.07) is 28.1. The molecule has 0 fully saturated rings. The molecule has 10 heteroatoms. The molecule has 4 rings (SSSR count). The van der Waals surface area contributed by atoms with Crippen LogP contribution in [0, 0.1) is 6.92 Å². The van der Waals surface area contributed by atoms with Crippen molar-refractivity contribution in [1.29, 1.82) is 0 Å². The van der Waals surface area contributed by atoms with Gasteiger partial charge in [0.15, 0.2) is 0 Å². The predicted octanol–water partition coefficient (Wildman–Crippen LogP) is 5.88. The third kappa shape index (κ3) is 7.31. The zero-order valence-electron chi connectivity index (χ0n) is 23.2. The first-order valence-electron chi connectivity index (χ1n) is 13.2. The molecular weight excluding hydrogens is 593 g/mol. The summed E-state index contributed by atoms with van der Waals surface area (Å²) in [4.78, 5) is 29.0. The Labute approximate surface area is 256 Å². The van der Waals surface area contributed by atoms with Gasteiger partial charge in [-0.2, -0.15) is 0 Å². The van der Waals surface area contributed by atoms with Gasteiger partial charge in [-0.1, -0.05) is 95.5 Å². The van der Waals surface area contributed by atoms with Crippen LogP contribution in [-0.4, -0.2) is 44.8 Å². The van der Waals surface area contributed by atoms with Gasteiger partial charge in [0.05, 0.1) is 10.6 Å². The summed E-state index contributed by atoms with van der Waals surface area (Å²) in [7, 11) is -2.68. The van der Waals surface area contributed by atoms with Crippen molar-refractivity contribution in [3.05, 3.63) is 130 Å². The largest absolute Gasteiger partial charge is 0.357 e. The monoisotopic (exact) mass is 623 g/mol. The fourth-order valence-corrected chi connectivity index (χ4v) is 6.47. The molecule has 7 nitrogen and oxygen atoms in total. The van der Waals surface area contributed by atoms with Gasteiger partial charge < -0.3 is 10.2 Å². The van der Waals surface area contributed by atoms with Gasteiger partial charge in [0.1, 0.15) is 12.6 Å². The lowest BCUT2D eigenvalue weighted by Gasteiger charge is -2.34. The number of sulfonamides is 1. The molecule has 0 saturated heterocycles. The Morgan fingerprint density at radius 1 is 0.810 bits per heavy atom. The molecule has 0 aromatic heterocycles. The van der Waals surface area contributed by atoms with Crippen LogP contribution in [0.4, 0.5) is 5.69 Å². The highest BCUT2D eigenvalue weighted by Crippen LogP contribution is 2.29. The first kappa shape index (κ1) is 31.1. The van der Waals surface area contributed by atoms with Crippen molar-refractivity contribution in [3.63, 3.8) is 0 Å². The van der Waals surface area contributed by atoms with Crippen LogP contribution in [0.1, 0.15) is 16.7 Å². The maximum absolute atomic E-state index is 14.3. The van der Waals surface area contributed by atoms with Crippen LogP contribution in [0.25, 0.3) is 0 Å². The summed E-state index contributed by atoms with van der Waals surface area (Å²) < 4.78 is 29.0. The molecule has 1 atom stereocenters. The van der Waals surface area contributed by atoms with E-state index in [0.717, 1.165) is 15.4 Å². The molecule has 0 bridgehead atoms. The first-order chi connectivity index (χ1) is 20.1. The number of benzene rings is 4. The molecule has 42 heavy (non-hydrogen) atoms. The maximum atomic E-state index is 14.3. The highest BCUT2D eigenvalue weighted by Gasteiger charge is 2.34. The van der Waals surface area contributed by atoms with Gasteiger partial charge in [0, 0.05) is 35.6 Å². The Morgan fingerprint density at radius 3 is 1.95 bits per heavy atom. The lowest BCUT2D eigenvalue weighted by Crippen LogP contribution is -2.53. The summed E-state index contributed by atoms with van der Waals surface area (Å²) in [5.41, 5.74) is 2.47. The van der Waals surface area contributed by atoms with Crippen LogP contribution < -0.4 is 9.62 Å². The van der Waals surface area contributed by atoms with E-state index in [1.54, 1.807) is 60.7 Å². The van der Waals surface area contributed by atoms with Crippen LogP contribution in [0.3, 0.4) is 0 Å². The standard InChI is InChI=1S/C32H31Cl2N3O4S/c1-23-16-18-26(19-17-23)42(40,41)37(25-12-7-4-8-13-25)22-31(38)36(21-27-28(33)14-9-15-29(27)34)30(32(39)35-2)20-24-10-5-3-6-11-24/h3-19,30H,20-22H2,1-2H3,(H,35,39). The molecular formula is C32H31Cl2N3O4S. The minimum absolute atomic E-state index is 0.0394. The quantitative estimate of drug-likeness (QED) is 0.226. The van der Waals surface area contributed by atoms with Crippen molar-refractivity contribution in [2.24, 2.45) is 0 Å². The van der Waals surface area contributed by atoms with Crippen molar-refractivity contribution in [1.82, 2.24) is 10.2 Å². The first-order valence-corrected chi connectivity index (χ1v) is 15.4. The summed E-state index contributed by atoms with van der Waals surface area (Å²) in [6.45, 7) is 1.18. The van der Waals surface area contributed by atoms with E-state index < -0.39 is 34.4 Å². The van der Waals surface area contributed by atoms with E-state index in [0.29, 0.717) is 21.3 Å². The average Bonchev–Trinajstić information content (AvgIpc) is 2.99. The highest BCUT2D eigenvalue weighted by atomic mass is 35.5. The van der Waals surface area contributed by atoms with Gasteiger partial charge in [-0.3, -0.25) is 13.9 Å². The number of hydrogen-bond donors (Lipinski definition) is 1. The second-order valence-corrected chi connectivity index (χ2v) is 12.4. The van der Waals surface area contributed by atoms with Crippen LogP contribution in [0.2, 0.25) is 10.0 Å². The highest BCUT2D eigenvalue weighted by molar-refractivity contribution is 7.92. The lowest BCUT2D eigenvalue weighted by atomic mass is 10.0. The van der Waals surface area contributed by atoms with Gasteiger partial charge in [-0.05, 0) is 48.9 Å². The van der Waals surface area contributed by atoms with E-state index in [9.17, 15) is 18.0 Å². The number of nitrogens with one attached hydrogen (secondary N) is 1. The number of likely N-dealkylation sites (N-methyl/N-ethyl adjacent to an activating group) is 1. The van der Waals surface area contributed by atoms with Crippen LogP contribution >= 0.6 is 23.2 Å². The number of halogens is 2. The molecule has 0 saturated carbocycles. The molecule has 0 radical (unpaired) electrons. The molecule has 0 aliphatic heterocycles. The summed E-state index contributed by atoms with van der Waals surface area (Å²) in [6.07, 6.45) is 0.185. The number of anilines is 1. The minimum Gasteiger partial charge on any atom is -0.357 e. The average molecular weight is 625 g/mol. The van der Waals surface area contributed by atoms with E-state index >= 15 is 0 Å². The minimum atomic E-state index is -4.17. The molecule has 0 spiro atoms. The third-order valence-corrected chi connectivity index (χ3v) is 9.34. The van der Waals surface area contributed by atoms with E-state index in [2.05, 4.69) is 5.32 Å². The van der Waals surface area contributed by atoms with E-state index in [-0.39, 0.29) is 17.9 Å². The zero-order chi connectivity index (χ0) is 30.3. The van der Waals surface area contributed by atoms with Crippen molar-refractivity contribution in [2.45, 2.75) is 30.8 Å².